The van der Waals surface area contributed by atoms with Crippen LogP contribution in [0.5, 0.6) is 0 Å². The molecule has 70 valence electrons. The van der Waals surface area contributed by atoms with Crippen molar-refractivity contribution in [2.75, 3.05) is 6.61 Å². The third kappa shape index (κ3) is 1.37. The molecule has 0 heterocycles. The summed E-state index contributed by atoms with van der Waals surface area (Å²) in [5.74, 6) is 0. The Morgan fingerprint density at radius 1 is 1.25 bits per heavy atom. The van der Waals surface area contributed by atoms with Gasteiger partial charge in [0.15, 0.2) is 0 Å². The van der Waals surface area contributed by atoms with Gasteiger partial charge in [-0.3, -0.25) is 0 Å². The first kappa shape index (κ1) is 9.63. The van der Waals surface area contributed by atoms with Gasteiger partial charge >= 0.3 is 0 Å². The number of hydrogen-bond donors (Lipinski definition) is 5. The molecule has 0 aromatic carbocycles. The maximum atomic E-state index is 9.38. The summed E-state index contributed by atoms with van der Waals surface area (Å²) in [5.41, 5.74) is -1.85. The van der Waals surface area contributed by atoms with Crippen molar-refractivity contribution in [1.29, 1.82) is 0 Å². The van der Waals surface area contributed by atoms with Gasteiger partial charge in [-0.15, -0.1) is 0 Å². The number of aliphatic hydroxyl groups is 5. The van der Waals surface area contributed by atoms with Crippen molar-refractivity contribution in [2.45, 2.75) is 23.9 Å². The molecule has 4 atom stereocenters. The molecule has 12 heavy (non-hydrogen) atoms. The molecule has 1 rings (SSSR count). The van der Waals surface area contributed by atoms with Crippen LogP contribution in [0.4, 0.5) is 0 Å². The van der Waals surface area contributed by atoms with Crippen molar-refractivity contribution in [3.8, 4) is 0 Å². The van der Waals surface area contributed by atoms with E-state index in [-0.39, 0.29) is 0 Å². The third-order valence-electron chi connectivity index (χ3n) is 2.02. The lowest BCUT2D eigenvalue weighted by Gasteiger charge is -2.36. The van der Waals surface area contributed by atoms with E-state index in [2.05, 4.69) is 0 Å². The molecule has 0 radical (unpaired) electrons. The highest BCUT2D eigenvalue weighted by Gasteiger charge is 2.42. The lowest BCUT2D eigenvalue weighted by atomic mass is 9.85. The van der Waals surface area contributed by atoms with E-state index in [0.717, 1.165) is 12.2 Å². The minimum atomic E-state index is -1.85. The molecule has 0 saturated carbocycles. The Balaban J connectivity index is 2.87. The van der Waals surface area contributed by atoms with E-state index in [4.69, 9.17) is 15.3 Å². The molecule has 0 saturated heterocycles. The predicted molar refractivity (Wildman–Crippen MR) is 39.2 cm³/mol. The van der Waals surface area contributed by atoms with Crippen LogP contribution in [0.2, 0.25) is 0 Å². The lowest BCUT2D eigenvalue weighted by Crippen LogP contribution is -2.56. The van der Waals surface area contributed by atoms with Crippen LogP contribution in [0, 0.1) is 0 Å². The Labute approximate surface area is 69.2 Å². The number of aliphatic hydroxyl groups excluding tert-OH is 4. The van der Waals surface area contributed by atoms with Gasteiger partial charge < -0.3 is 25.5 Å². The van der Waals surface area contributed by atoms with E-state index < -0.39 is 30.5 Å². The second-order valence-corrected chi connectivity index (χ2v) is 2.93. The molecule has 5 heteroatoms. The molecule has 1 aliphatic carbocycles. The normalized spacial score (nSPS) is 47.9. The van der Waals surface area contributed by atoms with Crippen LogP contribution >= 0.6 is 0 Å². The number of hydrogen-bond acceptors (Lipinski definition) is 5. The van der Waals surface area contributed by atoms with Gasteiger partial charge in [0.25, 0.3) is 0 Å². The highest BCUT2D eigenvalue weighted by atomic mass is 16.4. The van der Waals surface area contributed by atoms with Crippen LogP contribution in [-0.4, -0.2) is 56.1 Å². The molecule has 0 fully saturated rings. The largest absolute Gasteiger partial charge is 0.393 e. The van der Waals surface area contributed by atoms with Gasteiger partial charge in [-0.05, 0) is 6.08 Å². The average Bonchev–Trinajstić information content (AvgIpc) is 2.09. The van der Waals surface area contributed by atoms with Gasteiger partial charge in [0.2, 0.25) is 0 Å². The highest BCUT2D eigenvalue weighted by Crippen LogP contribution is 2.22. The van der Waals surface area contributed by atoms with E-state index in [9.17, 15) is 10.2 Å². The zero-order chi connectivity index (χ0) is 9.35. The summed E-state index contributed by atoms with van der Waals surface area (Å²) in [6.07, 6.45) is -2.02. The van der Waals surface area contributed by atoms with Gasteiger partial charge in [0, 0.05) is 0 Å². The van der Waals surface area contributed by atoms with Gasteiger partial charge in [0.1, 0.15) is 23.9 Å². The minimum absolute atomic E-state index is 0.700. The van der Waals surface area contributed by atoms with Crippen molar-refractivity contribution in [1.82, 2.24) is 0 Å². The minimum Gasteiger partial charge on any atom is -0.393 e. The van der Waals surface area contributed by atoms with Crippen molar-refractivity contribution in [2.24, 2.45) is 0 Å². The van der Waals surface area contributed by atoms with Gasteiger partial charge in [0.05, 0.1) is 6.61 Å². The fraction of sp³-hybridized carbons (Fsp3) is 0.714. The summed E-state index contributed by atoms with van der Waals surface area (Å²) in [5, 5.41) is 45.3. The first-order valence-electron chi connectivity index (χ1n) is 3.58. The van der Waals surface area contributed by atoms with Crippen LogP contribution in [0.3, 0.4) is 0 Å². The van der Waals surface area contributed by atoms with E-state index in [1.807, 2.05) is 0 Å². The Bertz CT molecular complexity index is 192. The van der Waals surface area contributed by atoms with Gasteiger partial charge in [-0.1, -0.05) is 6.08 Å². The number of rotatable bonds is 1. The third-order valence-corrected chi connectivity index (χ3v) is 2.02. The summed E-state index contributed by atoms with van der Waals surface area (Å²) in [7, 11) is 0. The summed E-state index contributed by atoms with van der Waals surface area (Å²) >= 11 is 0. The van der Waals surface area contributed by atoms with Crippen molar-refractivity contribution < 1.29 is 25.5 Å². The molecule has 0 aliphatic heterocycles. The summed E-state index contributed by atoms with van der Waals surface area (Å²) < 4.78 is 0. The predicted octanol–water partition coefficient (Wildman–Crippen LogP) is -2.64. The maximum Gasteiger partial charge on any atom is 0.134 e. The maximum absolute atomic E-state index is 9.38. The highest BCUT2D eigenvalue weighted by molar-refractivity contribution is 5.16. The second-order valence-electron chi connectivity index (χ2n) is 2.93. The van der Waals surface area contributed by atoms with Crippen LogP contribution in [0.25, 0.3) is 0 Å². The van der Waals surface area contributed by atoms with E-state index in [0.29, 0.717) is 0 Å². The van der Waals surface area contributed by atoms with Crippen molar-refractivity contribution in [3.05, 3.63) is 12.2 Å². The zero-order valence-corrected chi connectivity index (χ0v) is 6.33. The van der Waals surface area contributed by atoms with Crippen LogP contribution < -0.4 is 0 Å². The first-order chi connectivity index (χ1) is 5.51. The molecular formula is C7H12O5. The Morgan fingerprint density at radius 2 is 1.83 bits per heavy atom. The molecule has 0 spiro atoms. The van der Waals surface area contributed by atoms with Gasteiger partial charge in [-0.25, -0.2) is 0 Å². The van der Waals surface area contributed by atoms with Crippen LogP contribution in [-0.2, 0) is 0 Å². The molecule has 0 aromatic heterocycles. The van der Waals surface area contributed by atoms with Gasteiger partial charge in [-0.2, -0.15) is 0 Å². The summed E-state index contributed by atoms with van der Waals surface area (Å²) in [6, 6.07) is 0. The first-order valence-corrected chi connectivity index (χ1v) is 3.58. The zero-order valence-electron chi connectivity index (χ0n) is 6.33. The molecule has 4 unspecified atom stereocenters. The monoisotopic (exact) mass is 176 g/mol. The van der Waals surface area contributed by atoms with E-state index in [1.54, 1.807) is 0 Å². The molecule has 5 nitrogen and oxygen atoms in total. The SMILES string of the molecule is OCC1(O)C=CC(O)C(O)C1O. The second kappa shape index (κ2) is 3.12. The van der Waals surface area contributed by atoms with E-state index in [1.165, 1.54) is 0 Å². The lowest BCUT2D eigenvalue weighted by molar-refractivity contribution is -0.148. The molecule has 1 aliphatic rings. The standard InChI is InChI=1S/C7H12O5/c8-3-7(12)2-1-4(9)5(10)6(7)11/h1-2,4-6,8-12H,3H2. The molecule has 0 amide bonds. The average molecular weight is 176 g/mol. The molecular weight excluding hydrogens is 164 g/mol. The van der Waals surface area contributed by atoms with E-state index >= 15 is 0 Å². The molecule has 5 N–H and O–H groups in total. The molecule has 0 bridgehead atoms. The fourth-order valence-electron chi connectivity index (χ4n) is 1.11. The topological polar surface area (TPSA) is 101 Å². The molecule has 0 aromatic rings. The quantitative estimate of drug-likeness (QED) is 0.281. The van der Waals surface area contributed by atoms with Crippen LogP contribution in [0.15, 0.2) is 12.2 Å². The van der Waals surface area contributed by atoms with Crippen LogP contribution in [0.1, 0.15) is 0 Å². The Morgan fingerprint density at radius 3 is 2.33 bits per heavy atom. The van der Waals surface area contributed by atoms with Crippen molar-refractivity contribution >= 4 is 0 Å². The smallest absolute Gasteiger partial charge is 0.134 e. The summed E-state index contributed by atoms with van der Waals surface area (Å²) in [4.78, 5) is 0. The fourth-order valence-corrected chi connectivity index (χ4v) is 1.11. The van der Waals surface area contributed by atoms with Crippen molar-refractivity contribution in [3.63, 3.8) is 0 Å². The Kier molecular flexibility index (Phi) is 2.50. The Hall–Kier alpha value is -0.460. The summed E-state index contributed by atoms with van der Waals surface area (Å²) in [6.45, 7) is -0.700.